The van der Waals surface area contributed by atoms with Crippen LogP contribution >= 0.6 is 0 Å². The Morgan fingerprint density at radius 2 is 1.87 bits per heavy atom. The third kappa shape index (κ3) is 2.77. The van der Waals surface area contributed by atoms with Crippen LogP contribution < -0.4 is 10.9 Å². The lowest BCUT2D eigenvalue weighted by molar-refractivity contribution is 0.101. The van der Waals surface area contributed by atoms with Crippen molar-refractivity contribution in [3.05, 3.63) is 88.9 Å². The Bertz CT molecular complexity index is 1480. The Hall–Kier alpha value is -4.20. The van der Waals surface area contributed by atoms with Crippen LogP contribution in [0.15, 0.2) is 71.8 Å². The number of benzene rings is 2. The first-order chi connectivity index (χ1) is 14.5. The molecule has 0 aliphatic rings. The number of para-hydroxylation sites is 1. The maximum Gasteiger partial charge on any atom is 0.280 e. The maximum atomic E-state index is 14.0. The van der Waals surface area contributed by atoms with Crippen molar-refractivity contribution in [2.24, 2.45) is 7.05 Å². The Morgan fingerprint density at radius 3 is 2.60 bits per heavy atom. The number of carbonyl (C=O) groups is 1. The molecule has 0 spiro atoms. The molecular formula is C22H16FN5O2. The first-order valence-corrected chi connectivity index (χ1v) is 9.24. The van der Waals surface area contributed by atoms with Gasteiger partial charge in [-0.1, -0.05) is 12.1 Å². The Labute approximate surface area is 169 Å². The summed E-state index contributed by atoms with van der Waals surface area (Å²) in [6.45, 7) is 0. The van der Waals surface area contributed by atoms with Crippen LogP contribution in [-0.2, 0) is 7.05 Å². The number of nitrogens with one attached hydrogen (secondary N) is 2. The third-order valence-corrected chi connectivity index (χ3v) is 5.07. The number of anilines is 1. The van der Waals surface area contributed by atoms with Gasteiger partial charge in [0.05, 0.1) is 16.6 Å². The number of nitrogens with zero attached hydrogens (tertiary/aromatic N) is 3. The number of carbonyl (C=O) groups excluding carboxylic acids is 1. The van der Waals surface area contributed by atoms with E-state index in [2.05, 4.69) is 15.4 Å². The number of hydrogen-bond acceptors (Lipinski definition) is 3. The Balaban J connectivity index is 1.51. The highest BCUT2D eigenvalue weighted by atomic mass is 19.1. The third-order valence-electron chi connectivity index (χ3n) is 5.07. The predicted molar refractivity (Wildman–Crippen MR) is 113 cm³/mol. The van der Waals surface area contributed by atoms with Gasteiger partial charge in [-0.05, 0) is 42.5 Å². The van der Waals surface area contributed by atoms with Gasteiger partial charge in [-0.15, -0.1) is 0 Å². The first-order valence-electron chi connectivity index (χ1n) is 9.24. The maximum absolute atomic E-state index is 14.0. The predicted octanol–water partition coefficient (Wildman–Crippen LogP) is 3.60. The molecule has 0 atom stereocenters. The van der Waals surface area contributed by atoms with Crippen molar-refractivity contribution in [2.75, 3.05) is 5.32 Å². The molecule has 3 heterocycles. The summed E-state index contributed by atoms with van der Waals surface area (Å²) in [5.41, 5.74) is 2.16. The van der Waals surface area contributed by atoms with Crippen LogP contribution in [0.3, 0.4) is 0 Å². The minimum absolute atomic E-state index is 0.206. The zero-order valence-electron chi connectivity index (χ0n) is 15.9. The molecular weight excluding hydrogens is 385 g/mol. The van der Waals surface area contributed by atoms with Gasteiger partial charge in [0, 0.05) is 30.5 Å². The van der Waals surface area contributed by atoms with Crippen molar-refractivity contribution in [3.63, 3.8) is 0 Å². The molecule has 0 aliphatic carbocycles. The van der Waals surface area contributed by atoms with Gasteiger partial charge < -0.3 is 9.88 Å². The van der Waals surface area contributed by atoms with Crippen molar-refractivity contribution < 1.29 is 9.18 Å². The lowest BCUT2D eigenvalue weighted by atomic mass is 10.1. The largest absolute Gasteiger partial charge is 0.347 e. The molecule has 7 nitrogen and oxygen atoms in total. The molecule has 0 bridgehead atoms. The second kappa shape index (κ2) is 6.70. The van der Waals surface area contributed by atoms with Crippen molar-refractivity contribution in [2.45, 2.75) is 0 Å². The summed E-state index contributed by atoms with van der Waals surface area (Å²) in [6, 6.07) is 15.0. The average molecular weight is 401 g/mol. The summed E-state index contributed by atoms with van der Waals surface area (Å²) in [7, 11) is 1.80. The standard InChI is InChI=1S/C22H16FN5O2/c1-27-11-3-6-18(27)21(29)25-13-7-9-14(10-8-13)28-22(30)16-12-24-20-15(19(16)26-28)4-2-5-17(20)23/h2-12,26H,1H3,(H,25,29). The number of aromatic amines is 1. The lowest BCUT2D eigenvalue weighted by Crippen LogP contribution is -2.16. The molecule has 3 aromatic heterocycles. The van der Waals surface area contributed by atoms with E-state index in [4.69, 9.17) is 0 Å². The van der Waals surface area contributed by atoms with Crippen molar-refractivity contribution in [1.29, 1.82) is 0 Å². The van der Waals surface area contributed by atoms with Gasteiger partial charge in [0.15, 0.2) is 0 Å². The van der Waals surface area contributed by atoms with Gasteiger partial charge >= 0.3 is 0 Å². The van der Waals surface area contributed by atoms with Gasteiger partial charge in [-0.25, -0.2) is 9.07 Å². The normalized spacial score (nSPS) is 11.3. The van der Waals surface area contributed by atoms with E-state index in [0.29, 0.717) is 33.4 Å². The van der Waals surface area contributed by atoms with Gasteiger partial charge in [-0.3, -0.25) is 19.7 Å². The number of aromatic nitrogens is 4. The number of H-pyrrole nitrogens is 1. The fourth-order valence-electron chi connectivity index (χ4n) is 3.52. The van der Waals surface area contributed by atoms with E-state index in [0.717, 1.165) is 0 Å². The second-order valence-electron chi connectivity index (χ2n) is 6.94. The van der Waals surface area contributed by atoms with Gasteiger partial charge in [0.25, 0.3) is 11.5 Å². The molecule has 1 amide bonds. The number of aryl methyl sites for hydroxylation is 1. The van der Waals surface area contributed by atoms with Crippen LogP contribution in [-0.4, -0.2) is 25.2 Å². The Morgan fingerprint density at radius 1 is 1.07 bits per heavy atom. The molecule has 0 radical (unpaired) electrons. The molecule has 5 rings (SSSR count). The quantitative estimate of drug-likeness (QED) is 0.485. The van der Waals surface area contributed by atoms with Gasteiger partial charge in [-0.2, -0.15) is 0 Å². The molecule has 0 fully saturated rings. The van der Waals surface area contributed by atoms with Crippen LogP contribution in [0.4, 0.5) is 10.1 Å². The van der Waals surface area contributed by atoms with Gasteiger partial charge in [0.1, 0.15) is 17.0 Å². The topological polar surface area (TPSA) is 84.7 Å². The molecule has 148 valence electrons. The van der Waals surface area contributed by atoms with Crippen LogP contribution in [0.1, 0.15) is 10.5 Å². The van der Waals surface area contributed by atoms with Crippen LogP contribution in [0, 0.1) is 5.82 Å². The molecule has 0 saturated carbocycles. The molecule has 0 aliphatic heterocycles. The van der Waals surface area contributed by atoms with Crippen molar-refractivity contribution in [3.8, 4) is 5.69 Å². The summed E-state index contributed by atoms with van der Waals surface area (Å²) >= 11 is 0. The van der Waals surface area contributed by atoms with E-state index < -0.39 is 5.82 Å². The highest BCUT2D eigenvalue weighted by Crippen LogP contribution is 2.23. The fourth-order valence-corrected chi connectivity index (χ4v) is 3.52. The van der Waals surface area contributed by atoms with Crippen molar-refractivity contribution >= 4 is 33.4 Å². The summed E-state index contributed by atoms with van der Waals surface area (Å²) in [6.07, 6.45) is 3.18. The molecule has 0 saturated heterocycles. The minimum Gasteiger partial charge on any atom is -0.347 e. The van der Waals surface area contributed by atoms with E-state index in [-0.39, 0.29) is 17.0 Å². The number of pyridine rings is 1. The molecule has 2 aromatic carbocycles. The van der Waals surface area contributed by atoms with Gasteiger partial charge in [0.2, 0.25) is 0 Å². The molecule has 30 heavy (non-hydrogen) atoms. The van der Waals surface area contributed by atoms with E-state index >= 15 is 0 Å². The molecule has 5 aromatic rings. The van der Waals surface area contributed by atoms with Crippen LogP contribution in [0.2, 0.25) is 0 Å². The minimum atomic E-state index is -0.443. The SMILES string of the molecule is Cn1cccc1C(=O)Nc1ccc(-n2[nH]c3c(cnc4c(F)cccc43)c2=O)cc1. The summed E-state index contributed by atoms with van der Waals surface area (Å²) in [5.74, 6) is -0.668. The van der Waals surface area contributed by atoms with Crippen molar-refractivity contribution in [1.82, 2.24) is 19.3 Å². The number of rotatable bonds is 3. The Kier molecular flexibility index (Phi) is 3.99. The number of hydrogen-bond donors (Lipinski definition) is 2. The average Bonchev–Trinajstić information content (AvgIpc) is 3.32. The molecule has 8 heteroatoms. The zero-order chi connectivity index (χ0) is 20.8. The number of amides is 1. The molecule has 0 unspecified atom stereocenters. The first kappa shape index (κ1) is 17.9. The summed E-state index contributed by atoms with van der Waals surface area (Å²) in [5, 5.41) is 6.78. The highest BCUT2D eigenvalue weighted by Gasteiger charge is 2.14. The fraction of sp³-hybridized carbons (Fsp3) is 0.0455. The van der Waals surface area contributed by atoms with E-state index in [1.807, 2.05) is 0 Å². The van der Waals surface area contributed by atoms with E-state index in [1.165, 1.54) is 16.9 Å². The lowest BCUT2D eigenvalue weighted by Gasteiger charge is -2.07. The smallest absolute Gasteiger partial charge is 0.280 e. The highest BCUT2D eigenvalue weighted by molar-refractivity contribution is 6.03. The van der Waals surface area contributed by atoms with E-state index in [9.17, 15) is 14.0 Å². The summed E-state index contributed by atoms with van der Waals surface area (Å²) < 4.78 is 17.1. The van der Waals surface area contributed by atoms with Crippen LogP contribution in [0.5, 0.6) is 0 Å². The summed E-state index contributed by atoms with van der Waals surface area (Å²) in [4.78, 5) is 29.3. The number of halogens is 1. The van der Waals surface area contributed by atoms with E-state index in [1.54, 1.807) is 66.3 Å². The second-order valence-corrected chi connectivity index (χ2v) is 6.94. The monoisotopic (exact) mass is 401 g/mol. The zero-order valence-corrected chi connectivity index (χ0v) is 15.9. The number of fused-ring (bicyclic) bond motifs is 3. The van der Waals surface area contributed by atoms with Crippen LogP contribution in [0.25, 0.3) is 27.5 Å². The molecule has 2 N–H and O–H groups in total.